The number of rotatable bonds is 4. The van der Waals surface area contributed by atoms with Gasteiger partial charge in [-0.1, -0.05) is 43.5 Å². The first-order chi connectivity index (χ1) is 10.7. The summed E-state index contributed by atoms with van der Waals surface area (Å²) in [5, 5.41) is 0. The van der Waals surface area contributed by atoms with Gasteiger partial charge < -0.3 is 10.6 Å². The summed E-state index contributed by atoms with van der Waals surface area (Å²) < 4.78 is 0. The summed E-state index contributed by atoms with van der Waals surface area (Å²) in [6.07, 6.45) is 6.58. The van der Waals surface area contributed by atoms with Crippen LogP contribution in [0.5, 0.6) is 0 Å². The van der Waals surface area contributed by atoms with Crippen LogP contribution >= 0.6 is 0 Å². The predicted molar refractivity (Wildman–Crippen MR) is 93.0 cm³/mol. The lowest BCUT2D eigenvalue weighted by Crippen LogP contribution is -2.44. The van der Waals surface area contributed by atoms with Gasteiger partial charge >= 0.3 is 0 Å². The number of nitrogens with zero attached hydrogens (tertiary/aromatic N) is 2. The Morgan fingerprint density at radius 3 is 2.36 bits per heavy atom. The van der Waals surface area contributed by atoms with E-state index < -0.39 is 0 Å². The highest BCUT2D eigenvalue weighted by Gasteiger charge is 2.34. The molecule has 1 aliphatic heterocycles. The molecule has 1 aliphatic carbocycles. The number of nitrogens with two attached hydrogens (primary N) is 1. The van der Waals surface area contributed by atoms with Gasteiger partial charge in [0.25, 0.3) is 0 Å². The number of hydrogen-bond donors (Lipinski definition) is 1. The fraction of sp³-hybridized carbons (Fsp3) is 0.684. The molecule has 3 rings (SSSR count). The Kier molecular flexibility index (Phi) is 5.17. The molecule has 0 spiro atoms. The minimum atomic E-state index is 0.238. The van der Waals surface area contributed by atoms with Gasteiger partial charge in [-0.2, -0.15) is 0 Å². The number of hydrogen-bond acceptors (Lipinski definition) is 3. The molecule has 0 amide bonds. The molecule has 3 heteroatoms. The van der Waals surface area contributed by atoms with Gasteiger partial charge in [0.2, 0.25) is 0 Å². The lowest BCUT2D eigenvalue weighted by molar-refractivity contribution is 0.147. The summed E-state index contributed by atoms with van der Waals surface area (Å²) in [5.41, 5.74) is 9.56. The number of piperazine rings is 1. The fourth-order valence-corrected chi connectivity index (χ4v) is 4.23. The SMILES string of the molecule is CN1CCN(Cc2ccccc2C2(CN)CCCCC2)CC1. The van der Waals surface area contributed by atoms with Crippen molar-refractivity contribution in [2.45, 2.75) is 44.1 Å². The monoisotopic (exact) mass is 301 g/mol. The van der Waals surface area contributed by atoms with Crippen LogP contribution in [0.1, 0.15) is 43.2 Å². The van der Waals surface area contributed by atoms with E-state index in [0.717, 1.165) is 13.1 Å². The molecular formula is C19H31N3. The molecule has 1 aromatic carbocycles. The minimum absolute atomic E-state index is 0.238. The summed E-state index contributed by atoms with van der Waals surface area (Å²) in [7, 11) is 2.22. The van der Waals surface area contributed by atoms with Gasteiger partial charge in [0.05, 0.1) is 0 Å². The van der Waals surface area contributed by atoms with Crippen molar-refractivity contribution < 1.29 is 0 Å². The van der Waals surface area contributed by atoms with Crippen LogP contribution in [0.3, 0.4) is 0 Å². The highest BCUT2D eigenvalue weighted by atomic mass is 15.2. The van der Waals surface area contributed by atoms with Crippen molar-refractivity contribution in [1.29, 1.82) is 0 Å². The van der Waals surface area contributed by atoms with Crippen LogP contribution in [0.4, 0.5) is 0 Å². The molecule has 0 atom stereocenters. The standard InChI is InChI=1S/C19H31N3/c1-21-11-13-22(14-12-21)15-17-7-3-4-8-18(17)19(16-20)9-5-2-6-10-19/h3-4,7-8H,2,5-6,9-16,20H2,1H3. The normalized spacial score (nSPS) is 23.5. The Balaban J connectivity index is 1.80. The second-order valence-corrected chi connectivity index (χ2v) is 7.28. The van der Waals surface area contributed by atoms with Crippen LogP contribution in [0.25, 0.3) is 0 Å². The smallest absolute Gasteiger partial charge is 0.0237 e. The molecule has 0 aromatic heterocycles. The average molecular weight is 301 g/mol. The lowest BCUT2D eigenvalue weighted by atomic mass is 9.68. The topological polar surface area (TPSA) is 32.5 Å². The van der Waals surface area contributed by atoms with E-state index in [-0.39, 0.29) is 5.41 Å². The van der Waals surface area contributed by atoms with Gasteiger partial charge in [-0.15, -0.1) is 0 Å². The second-order valence-electron chi connectivity index (χ2n) is 7.28. The van der Waals surface area contributed by atoms with Gasteiger partial charge in [-0.3, -0.25) is 4.90 Å². The van der Waals surface area contributed by atoms with Crippen molar-refractivity contribution in [2.24, 2.45) is 5.73 Å². The van der Waals surface area contributed by atoms with Crippen LogP contribution in [-0.4, -0.2) is 49.6 Å². The molecule has 2 N–H and O–H groups in total. The average Bonchev–Trinajstić information content (AvgIpc) is 2.58. The van der Waals surface area contributed by atoms with Crippen LogP contribution in [0.15, 0.2) is 24.3 Å². The third-order valence-electron chi connectivity index (χ3n) is 5.78. The first kappa shape index (κ1) is 16.0. The molecular weight excluding hydrogens is 270 g/mol. The van der Waals surface area contributed by atoms with Crippen molar-refractivity contribution in [3.05, 3.63) is 35.4 Å². The lowest BCUT2D eigenvalue weighted by Gasteiger charge is -2.39. The quantitative estimate of drug-likeness (QED) is 0.928. The fourth-order valence-electron chi connectivity index (χ4n) is 4.23. The van der Waals surface area contributed by atoms with E-state index in [1.165, 1.54) is 69.4 Å². The maximum Gasteiger partial charge on any atom is 0.0237 e. The summed E-state index contributed by atoms with van der Waals surface area (Å²) in [4.78, 5) is 5.02. The van der Waals surface area contributed by atoms with Crippen molar-refractivity contribution >= 4 is 0 Å². The first-order valence-corrected chi connectivity index (χ1v) is 8.93. The molecule has 0 radical (unpaired) electrons. The van der Waals surface area contributed by atoms with E-state index in [9.17, 15) is 0 Å². The molecule has 0 bridgehead atoms. The highest BCUT2D eigenvalue weighted by Crippen LogP contribution is 2.40. The van der Waals surface area contributed by atoms with Crippen molar-refractivity contribution in [2.75, 3.05) is 39.8 Å². The van der Waals surface area contributed by atoms with E-state index >= 15 is 0 Å². The van der Waals surface area contributed by atoms with Gasteiger partial charge in [0.15, 0.2) is 0 Å². The molecule has 1 saturated carbocycles. The molecule has 1 heterocycles. The van der Waals surface area contributed by atoms with Crippen LogP contribution in [0, 0.1) is 0 Å². The maximum atomic E-state index is 6.27. The molecule has 2 aliphatic rings. The van der Waals surface area contributed by atoms with Crippen molar-refractivity contribution in [1.82, 2.24) is 9.80 Å². The molecule has 2 fully saturated rings. The third-order valence-corrected chi connectivity index (χ3v) is 5.78. The van der Waals surface area contributed by atoms with E-state index in [2.05, 4.69) is 41.1 Å². The molecule has 1 aromatic rings. The van der Waals surface area contributed by atoms with Crippen molar-refractivity contribution in [3.8, 4) is 0 Å². The Hall–Kier alpha value is -0.900. The highest BCUT2D eigenvalue weighted by molar-refractivity contribution is 5.35. The van der Waals surface area contributed by atoms with E-state index in [0.29, 0.717) is 0 Å². The van der Waals surface area contributed by atoms with Gasteiger partial charge in [0, 0.05) is 44.7 Å². The third kappa shape index (κ3) is 3.37. The minimum Gasteiger partial charge on any atom is -0.330 e. The largest absolute Gasteiger partial charge is 0.330 e. The van der Waals surface area contributed by atoms with E-state index in [1.54, 1.807) is 0 Å². The Morgan fingerprint density at radius 1 is 1.00 bits per heavy atom. The maximum absolute atomic E-state index is 6.27. The Labute approximate surface area is 135 Å². The molecule has 0 unspecified atom stereocenters. The summed E-state index contributed by atoms with van der Waals surface area (Å²) in [5.74, 6) is 0. The van der Waals surface area contributed by atoms with Gasteiger partial charge in [0.1, 0.15) is 0 Å². The molecule has 122 valence electrons. The summed E-state index contributed by atoms with van der Waals surface area (Å²) in [6.45, 7) is 6.62. The van der Waals surface area contributed by atoms with Crippen LogP contribution < -0.4 is 5.73 Å². The number of likely N-dealkylation sites (N-methyl/N-ethyl adjacent to an activating group) is 1. The van der Waals surface area contributed by atoms with Crippen LogP contribution in [-0.2, 0) is 12.0 Å². The van der Waals surface area contributed by atoms with Gasteiger partial charge in [-0.25, -0.2) is 0 Å². The van der Waals surface area contributed by atoms with Crippen molar-refractivity contribution in [3.63, 3.8) is 0 Å². The van der Waals surface area contributed by atoms with Gasteiger partial charge in [-0.05, 0) is 31.0 Å². The Morgan fingerprint density at radius 2 is 1.68 bits per heavy atom. The van der Waals surface area contributed by atoms with E-state index in [1.807, 2.05) is 0 Å². The zero-order valence-electron chi connectivity index (χ0n) is 14.1. The number of benzene rings is 1. The molecule has 3 nitrogen and oxygen atoms in total. The van der Waals surface area contributed by atoms with E-state index in [4.69, 9.17) is 5.73 Å². The second kappa shape index (κ2) is 7.12. The predicted octanol–water partition coefficient (Wildman–Crippen LogP) is 2.59. The zero-order valence-corrected chi connectivity index (χ0v) is 14.1. The Bertz CT molecular complexity index is 471. The zero-order chi connectivity index (χ0) is 15.4. The molecule has 1 saturated heterocycles. The summed E-state index contributed by atoms with van der Waals surface area (Å²) in [6, 6.07) is 9.08. The summed E-state index contributed by atoms with van der Waals surface area (Å²) >= 11 is 0. The van der Waals surface area contributed by atoms with Crippen LogP contribution in [0.2, 0.25) is 0 Å². The molecule has 22 heavy (non-hydrogen) atoms. The first-order valence-electron chi connectivity index (χ1n) is 8.93.